The highest BCUT2D eigenvalue weighted by Crippen LogP contribution is 2.26. The van der Waals surface area contributed by atoms with Gasteiger partial charge in [-0.2, -0.15) is 0 Å². The van der Waals surface area contributed by atoms with Crippen molar-refractivity contribution in [1.29, 1.82) is 0 Å². The minimum absolute atomic E-state index is 0.0405. The van der Waals surface area contributed by atoms with Crippen LogP contribution in [0.15, 0.2) is 4.99 Å². The standard InChI is InChI=1S/C8H13NO2/c1-9-7-5-3-2-4-6(7)8(10)11/h6-7H,1-5H2,(H,10,11). The number of carboxylic acids is 1. The van der Waals surface area contributed by atoms with Crippen LogP contribution in [0.4, 0.5) is 0 Å². The molecule has 1 fully saturated rings. The summed E-state index contributed by atoms with van der Waals surface area (Å²) in [5, 5.41) is 8.75. The zero-order valence-corrected chi connectivity index (χ0v) is 6.49. The number of nitrogens with zero attached hydrogens (tertiary/aromatic N) is 1. The summed E-state index contributed by atoms with van der Waals surface area (Å²) in [5.41, 5.74) is 0. The highest BCUT2D eigenvalue weighted by molar-refractivity contribution is 5.71. The van der Waals surface area contributed by atoms with Gasteiger partial charge in [0.1, 0.15) is 0 Å². The van der Waals surface area contributed by atoms with Crippen molar-refractivity contribution in [3.63, 3.8) is 0 Å². The molecule has 0 aromatic carbocycles. The highest BCUT2D eigenvalue weighted by atomic mass is 16.4. The number of carbonyl (C=O) groups is 1. The molecule has 2 unspecified atom stereocenters. The number of rotatable bonds is 2. The highest BCUT2D eigenvalue weighted by Gasteiger charge is 2.29. The van der Waals surface area contributed by atoms with Crippen LogP contribution in [0.1, 0.15) is 25.7 Å². The molecule has 0 saturated heterocycles. The quantitative estimate of drug-likeness (QED) is 0.611. The molecule has 3 heteroatoms. The third-order valence-corrected chi connectivity index (χ3v) is 2.28. The summed E-state index contributed by atoms with van der Waals surface area (Å²) in [5.74, 6) is -0.997. The van der Waals surface area contributed by atoms with Crippen LogP contribution >= 0.6 is 0 Å². The van der Waals surface area contributed by atoms with E-state index in [1.54, 1.807) is 0 Å². The van der Waals surface area contributed by atoms with Gasteiger partial charge in [0.25, 0.3) is 0 Å². The van der Waals surface area contributed by atoms with Crippen LogP contribution in [0.3, 0.4) is 0 Å². The first-order valence-corrected chi connectivity index (χ1v) is 3.94. The van der Waals surface area contributed by atoms with Crippen molar-refractivity contribution in [2.45, 2.75) is 31.7 Å². The zero-order chi connectivity index (χ0) is 8.27. The summed E-state index contributed by atoms with van der Waals surface area (Å²) >= 11 is 0. The van der Waals surface area contributed by atoms with Crippen molar-refractivity contribution in [3.05, 3.63) is 0 Å². The van der Waals surface area contributed by atoms with Gasteiger partial charge in [-0.25, -0.2) is 0 Å². The minimum atomic E-state index is -0.720. The molecule has 1 N–H and O–H groups in total. The van der Waals surface area contributed by atoms with Crippen LogP contribution in [-0.2, 0) is 4.79 Å². The van der Waals surface area contributed by atoms with E-state index >= 15 is 0 Å². The van der Waals surface area contributed by atoms with Crippen molar-refractivity contribution in [3.8, 4) is 0 Å². The third-order valence-electron chi connectivity index (χ3n) is 2.28. The predicted molar refractivity (Wildman–Crippen MR) is 42.9 cm³/mol. The Labute approximate surface area is 66.1 Å². The first-order valence-electron chi connectivity index (χ1n) is 3.94. The molecule has 1 saturated carbocycles. The van der Waals surface area contributed by atoms with Gasteiger partial charge in [0, 0.05) is 0 Å². The smallest absolute Gasteiger partial charge is 0.308 e. The van der Waals surface area contributed by atoms with Crippen LogP contribution in [0.25, 0.3) is 0 Å². The van der Waals surface area contributed by atoms with Gasteiger partial charge in [0.15, 0.2) is 0 Å². The average Bonchev–Trinajstić information content (AvgIpc) is 2.04. The maximum Gasteiger partial charge on any atom is 0.308 e. The molecule has 0 radical (unpaired) electrons. The molecule has 62 valence electrons. The van der Waals surface area contributed by atoms with E-state index in [0.29, 0.717) is 0 Å². The van der Waals surface area contributed by atoms with Crippen LogP contribution in [-0.4, -0.2) is 23.8 Å². The van der Waals surface area contributed by atoms with Crippen LogP contribution in [0.2, 0.25) is 0 Å². The molecule has 3 nitrogen and oxygen atoms in total. The van der Waals surface area contributed by atoms with Crippen molar-refractivity contribution < 1.29 is 9.90 Å². The molecule has 2 atom stereocenters. The first-order chi connectivity index (χ1) is 5.25. The molecule has 0 aromatic heterocycles. The van der Waals surface area contributed by atoms with Crippen molar-refractivity contribution >= 4 is 12.7 Å². The Morgan fingerprint density at radius 3 is 2.55 bits per heavy atom. The molecule has 0 spiro atoms. The summed E-state index contributed by atoms with van der Waals surface area (Å²) in [6.07, 6.45) is 3.76. The van der Waals surface area contributed by atoms with E-state index in [4.69, 9.17) is 5.11 Å². The van der Waals surface area contributed by atoms with Gasteiger partial charge in [-0.05, 0) is 19.6 Å². The Morgan fingerprint density at radius 1 is 1.45 bits per heavy atom. The lowest BCUT2D eigenvalue weighted by molar-refractivity contribution is -0.143. The number of carboxylic acid groups (broad SMARTS) is 1. The lowest BCUT2D eigenvalue weighted by atomic mass is 9.85. The Bertz CT molecular complexity index is 167. The Kier molecular flexibility index (Phi) is 2.63. The number of aliphatic carboxylic acids is 1. The lowest BCUT2D eigenvalue weighted by Crippen LogP contribution is -2.29. The lowest BCUT2D eigenvalue weighted by Gasteiger charge is -2.24. The van der Waals surface area contributed by atoms with Gasteiger partial charge >= 0.3 is 5.97 Å². The summed E-state index contributed by atoms with van der Waals surface area (Å²) in [7, 11) is 0. The predicted octanol–water partition coefficient (Wildman–Crippen LogP) is 1.33. The molecule has 1 aliphatic rings. The second kappa shape index (κ2) is 3.51. The van der Waals surface area contributed by atoms with Gasteiger partial charge in [0.05, 0.1) is 12.0 Å². The molecular weight excluding hydrogens is 142 g/mol. The van der Waals surface area contributed by atoms with Gasteiger partial charge in [0.2, 0.25) is 0 Å². The van der Waals surface area contributed by atoms with Gasteiger partial charge in [-0.3, -0.25) is 9.79 Å². The second-order valence-corrected chi connectivity index (χ2v) is 2.98. The molecule has 0 aromatic rings. The Morgan fingerprint density at radius 2 is 2.09 bits per heavy atom. The van der Waals surface area contributed by atoms with Crippen LogP contribution in [0, 0.1) is 5.92 Å². The van der Waals surface area contributed by atoms with E-state index < -0.39 is 5.97 Å². The maximum absolute atomic E-state index is 10.6. The Hall–Kier alpha value is -0.860. The summed E-state index contributed by atoms with van der Waals surface area (Å²) < 4.78 is 0. The second-order valence-electron chi connectivity index (χ2n) is 2.98. The molecule has 11 heavy (non-hydrogen) atoms. The fourth-order valence-corrected chi connectivity index (χ4v) is 1.62. The van der Waals surface area contributed by atoms with E-state index in [9.17, 15) is 4.79 Å². The number of aliphatic imine (C=N–C) groups is 1. The molecular formula is C8H13NO2. The summed E-state index contributed by atoms with van der Waals surface area (Å²) in [4.78, 5) is 14.5. The summed E-state index contributed by atoms with van der Waals surface area (Å²) in [6.45, 7) is 3.40. The molecule has 0 amide bonds. The number of hydrogen-bond acceptors (Lipinski definition) is 2. The van der Waals surface area contributed by atoms with Gasteiger partial charge in [-0.15, -0.1) is 0 Å². The Balaban J connectivity index is 2.58. The molecule has 0 heterocycles. The van der Waals surface area contributed by atoms with E-state index in [0.717, 1.165) is 25.7 Å². The van der Waals surface area contributed by atoms with Gasteiger partial charge < -0.3 is 5.11 Å². The molecule has 1 rings (SSSR count). The average molecular weight is 155 g/mol. The SMILES string of the molecule is C=NC1CCCCC1C(=O)O. The fraction of sp³-hybridized carbons (Fsp3) is 0.750. The van der Waals surface area contributed by atoms with Crippen molar-refractivity contribution in [2.75, 3.05) is 0 Å². The molecule has 1 aliphatic carbocycles. The van der Waals surface area contributed by atoms with E-state index in [-0.39, 0.29) is 12.0 Å². The van der Waals surface area contributed by atoms with Crippen molar-refractivity contribution in [1.82, 2.24) is 0 Å². The van der Waals surface area contributed by atoms with E-state index in [2.05, 4.69) is 11.7 Å². The number of hydrogen-bond donors (Lipinski definition) is 1. The van der Waals surface area contributed by atoms with E-state index in [1.165, 1.54) is 0 Å². The third kappa shape index (κ3) is 1.79. The monoisotopic (exact) mass is 155 g/mol. The largest absolute Gasteiger partial charge is 0.481 e. The normalized spacial score (nSPS) is 31.3. The molecule has 0 aliphatic heterocycles. The molecule has 0 bridgehead atoms. The van der Waals surface area contributed by atoms with Crippen LogP contribution < -0.4 is 0 Å². The zero-order valence-electron chi connectivity index (χ0n) is 6.49. The van der Waals surface area contributed by atoms with Crippen molar-refractivity contribution in [2.24, 2.45) is 10.9 Å². The van der Waals surface area contributed by atoms with Crippen LogP contribution in [0.5, 0.6) is 0 Å². The minimum Gasteiger partial charge on any atom is -0.481 e. The maximum atomic E-state index is 10.6. The summed E-state index contributed by atoms with van der Waals surface area (Å²) in [6, 6.07) is -0.0405. The fourth-order valence-electron chi connectivity index (χ4n) is 1.62. The first kappa shape index (κ1) is 8.24. The topological polar surface area (TPSA) is 49.7 Å². The van der Waals surface area contributed by atoms with E-state index in [1.807, 2.05) is 0 Å². The van der Waals surface area contributed by atoms with Gasteiger partial charge in [-0.1, -0.05) is 12.8 Å².